The maximum absolute atomic E-state index is 4.48. The third-order valence-electron chi connectivity index (χ3n) is 3.31. The summed E-state index contributed by atoms with van der Waals surface area (Å²) in [6, 6.07) is 16.7. The van der Waals surface area contributed by atoms with Crippen LogP contribution in [0.15, 0.2) is 59.2 Å². The van der Waals surface area contributed by atoms with Crippen LogP contribution in [-0.2, 0) is 6.54 Å². The summed E-state index contributed by atoms with van der Waals surface area (Å²) < 4.78 is 1.09. The van der Waals surface area contributed by atoms with Gasteiger partial charge in [0.2, 0.25) is 0 Å². The number of anilines is 1. The SMILES string of the molecule is Cc1ccc(NCc2cccc3cccnc23)c(Br)c1. The molecule has 0 aliphatic rings. The first-order valence-corrected chi connectivity index (χ1v) is 7.36. The maximum atomic E-state index is 4.48. The first kappa shape index (κ1) is 13.1. The highest BCUT2D eigenvalue weighted by Gasteiger charge is 2.03. The second-order valence-corrected chi connectivity index (χ2v) is 5.68. The van der Waals surface area contributed by atoms with Crippen LogP contribution in [0.3, 0.4) is 0 Å². The molecule has 3 aromatic rings. The van der Waals surface area contributed by atoms with Gasteiger partial charge in [-0.2, -0.15) is 0 Å². The van der Waals surface area contributed by atoms with Crippen molar-refractivity contribution in [1.82, 2.24) is 4.98 Å². The molecule has 0 radical (unpaired) electrons. The van der Waals surface area contributed by atoms with Crippen LogP contribution in [-0.4, -0.2) is 4.98 Å². The van der Waals surface area contributed by atoms with Crippen LogP contribution in [0.2, 0.25) is 0 Å². The van der Waals surface area contributed by atoms with Gasteiger partial charge >= 0.3 is 0 Å². The fraction of sp³-hybridized carbons (Fsp3) is 0.118. The van der Waals surface area contributed by atoms with Gasteiger partial charge in [-0.15, -0.1) is 0 Å². The van der Waals surface area contributed by atoms with Gasteiger partial charge in [-0.05, 0) is 52.2 Å². The summed E-state index contributed by atoms with van der Waals surface area (Å²) in [5.74, 6) is 0. The number of nitrogens with one attached hydrogen (secondary N) is 1. The highest BCUT2D eigenvalue weighted by atomic mass is 79.9. The molecule has 3 heteroatoms. The molecule has 2 aromatic carbocycles. The topological polar surface area (TPSA) is 24.9 Å². The van der Waals surface area contributed by atoms with Gasteiger partial charge in [-0.3, -0.25) is 4.98 Å². The van der Waals surface area contributed by atoms with Crippen molar-refractivity contribution in [3.05, 3.63) is 70.3 Å². The minimum Gasteiger partial charge on any atom is -0.380 e. The van der Waals surface area contributed by atoms with Gasteiger partial charge < -0.3 is 5.32 Å². The molecule has 0 unspecified atom stereocenters. The van der Waals surface area contributed by atoms with Crippen LogP contribution < -0.4 is 5.32 Å². The molecule has 0 amide bonds. The van der Waals surface area contributed by atoms with Crippen LogP contribution in [0.5, 0.6) is 0 Å². The Bertz CT molecular complexity index is 748. The van der Waals surface area contributed by atoms with E-state index in [4.69, 9.17) is 0 Å². The number of rotatable bonds is 3. The number of para-hydroxylation sites is 1. The highest BCUT2D eigenvalue weighted by Crippen LogP contribution is 2.25. The lowest BCUT2D eigenvalue weighted by Crippen LogP contribution is -2.01. The summed E-state index contributed by atoms with van der Waals surface area (Å²) in [7, 11) is 0. The molecule has 0 aliphatic carbocycles. The second kappa shape index (κ2) is 5.63. The number of aryl methyl sites for hydroxylation is 1. The molecule has 1 heterocycles. The molecule has 100 valence electrons. The van der Waals surface area contributed by atoms with Gasteiger partial charge in [0.15, 0.2) is 0 Å². The predicted molar refractivity (Wildman–Crippen MR) is 87.9 cm³/mol. The Morgan fingerprint density at radius 3 is 2.80 bits per heavy atom. The van der Waals surface area contributed by atoms with Crippen LogP contribution in [0.25, 0.3) is 10.9 Å². The molecular weight excluding hydrogens is 312 g/mol. The lowest BCUT2D eigenvalue weighted by molar-refractivity contribution is 1.15. The Morgan fingerprint density at radius 2 is 1.95 bits per heavy atom. The number of nitrogens with zero attached hydrogens (tertiary/aromatic N) is 1. The number of fused-ring (bicyclic) bond motifs is 1. The predicted octanol–water partition coefficient (Wildman–Crippen LogP) is 4.92. The van der Waals surface area contributed by atoms with E-state index < -0.39 is 0 Å². The first-order chi connectivity index (χ1) is 9.74. The van der Waals surface area contributed by atoms with Crippen LogP contribution in [0, 0.1) is 6.92 Å². The zero-order valence-electron chi connectivity index (χ0n) is 11.2. The average molecular weight is 327 g/mol. The minimum absolute atomic E-state index is 0.760. The van der Waals surface area contributed by atoms with E-state index in [1.54, 1.807) is 0 Å². The molecule has 1 aromatic heterocycles. The third kappa shape index (κ3) is 2.68. The number of pyridine rings is 1. The van der Waals surface area contributed by atoms with E-state index in [1.165, 1.54) is 16.5 Å². The van der Waals surface area contributed by atoms with Crippen molar-refractivity contribution in [1.29, 1.82) is 0 Å². The lowest BCUT2D eigenvalue weighted by Gasteiger charge is -2.11. The monoisotopic (exact) mass is 326 g/mol. The molecular formula is C17H15BrN2. The molecule has 3 rings (SSSR count). The van der Waals surface area contributed by atoms with Crippen molar-refractivity contribution in [2.24, 2.45) is 0 Å². The van der Waals surface area contributed by atoms with Gasteiger partial charge in [-0.25, -0.2) is 0 Å². The van der Waals surface area contributed by atoms with Gasteiger partial charge in [0, 0.05) is 28.3 Å². The summed E-state index contributed by atoms with van der Waals surface area (Å²) in [5.41, 5.74) is 4.61. The van der Waals surface area contributed by atoms with Crippen molar-refractivity contribution in [2.45, 2.75) is 13.5 Å². The van der Waals surface area contributed by atoms with Crippen molar-refractivity contribution < 1.29 is 0 Å². The Morgan fingerprint density at radius 1 is 1.10 bits per heavy atom. The minimum atomic E-state index is 0.760. The molecule has 0 saturated heterocycles. The molecule has 0 fully saturated rings. The number of aromatic nitrogens is 1. The van der Waals surface area contributed by atoms with E-state index in [-0.39, 0.29) is 0 Å². The van der Waals surface area contributed by atoms with Crippen LogP contribution in [0.1, 0.15) is 11.1 Å². The van der Waals surface area contributed by atoms with Gasteiger partial charge in [0.25, 0.3) is 0 Å². The van der Waals surface area contributed by atoms with E-state index in [0.29, 0.717) is 0 Å². The molecule has 0 bridgehead atoms. The Balaban J connectivity index is 1.87. The Kier molecular flexibility index (Phi) is 3.70. The van der Waals surface area contributed by atoms with Crippen molar-refractivity contribution in [3.8, 4) is 0 Å². The summed E-state index contributed by atoms with van der Waals surface area (Å²) in [5, 5.41) is 4.64. The van der Waals surface area contributed by atoms with E-state index >= 15 is 0 Å². The molecule has 0 aliphatic heterocycles. The lowest BCUT2D eigenvalue weighted by atomic mass is 10.1. The molecule has 0 spiro atoms. The summed E-state index contributed by atoms with van der Waals surface area (Å²) >= 11 is 3.59. The summed E-state index contributed by atoms with van der Waals surface area (Å²) in [6.45, 7) is 2.85. The van der Waals surface area contributed by atoms with Crippen molar-refractivity contribution in [2.75, 3.05) is 5.32 Å². The van der Waals surface area contributed by atoms with E-state index in [1.807, 2.05) is 12.3 Å². The quantitative estimate of drug-likeness (QED) is 0.739. The zero-order valence-corrected chi connectivity index (χ0v) is 12.8. The number of benzene rings is 2. The summed E-state index contributed by atoms with van der Waals surface area (Å²) in [4.78, 5) is 4.48. The zero-order chi connectivity index (χ0) is 13.9. The largest absolute Gasteiger partial charge is 0.380 e. The second-order valence-electron chi connectivity index (χ2n) is 4.83. The molecule has 20 heavy (non-hydrogen) atoms. The number of hydrogen-bond acceptors (Lipinski definition) is 2. The number of hydrogen-bond donors (Lipinski definition) is 1. The Hall–Kier alpha value is -1.87. The fourth-order valence-electron chi connectivity index (χ4n) is 2.26. The highest BCUT2D eigenvalue weighted by molar-refractivity contribution is 9.10. The molecule has 0 saturated carbocycles. The Labute approximate surface area is 127 Å². The average Bonchev–Trinajstić information content (AvgIpc) is 2.46. The smallest absolute Gasteiger partial charge is 0.0751 e. The number of halogens is 1. The van der Waals surface area contributed by atoms with E-state index in [9.17, 15) is 0 Å². The van der Waals surface area contributed by atoms with Gasteiger partial charge in [0.1, 0.15) is 0 Å². The first-order valence-electron chi connectivity index (χ1n) is 6.57. The fourth-order valence-corrected chi connectivity index (χ4v) is 2.90. The van der Waals surface area contributed by atoms with E-state index in [0.717, 1.165) is 22.2 Å². The van der Waals surface area contributed by atoms with Gasteiger partial charge in [0.05, 0.1) is 5.52 Å². The summed E-state index contributed by atoms with van der Waals surface area (Å²) in [6.07, 6.45) is 1.84. The van der Waals surface area contributed by atoms with E-state index in [2.05, 4.69) is 75.6 Å². The van der Waals surface area contributed by atoms with Crippen LogP contribution >= 0.6 is 15.9 Å². The third-order valence-corrected chi connectivity index (χ3v) is 3.97. The maximum Gasteiger partial charge on any atom is 0.0751 e. The molecule has 1 N–H and O–H groups in total. The van der Waals surface area contributed by atoms with Crippen LogP contribution in [0.4, 0.5) is 5.69 Å². The molecule has 0 atom stereocenters. The standard InChI is InChI=1S/C17H15BrN2/c1-12-7-8-16(15(18)10-12)20-11-14-5-2-4-13-6-3-9-19-17(13)14/h2-10,20H,11H2,1H3. The molecule has 2 nitrogen and oxygen atoms in total. The van der Waals surface area contributed by atoms with Gasteiger partial charge in [-0.1, -0.05) is 30.3 Å². The van der Waals surface area contributed by atoms with Crippen molar-refractivity contribution in [3.63, 3.8) is 0 Å². The van der Waals surface area contributed by atoms with Crippen molar-refractivity contribution >= 4 is 32.5 Å². The normalized spacial score (nSPS) is 10.7.